The van der Waals surface area contributed by atoms with Crippen LogP contribution in [0.15, 0.2) is 24.3 Å². The molecule has 0 unspecified atom stereocenters. The molecular weight excluding hydrogens is 172 g/mol. The molecule has 0 bridgehead atoms. The van der Waals surface area contributed by atoms with Gasteiger partial charge in [-0.25, -0.2) is 0 Å². The molecule has 1 saturated carbocycles. The number of anilines is 1. The maximum atomic E-state index is 5.69. The molecule has 2 N–H and O–H groups in total. The third-order valence-electron chi connectivity index (χ3n) is 3.48. The van der Waals surface area contributed by atoms with E-state index in [1.807, 2.05) is 12.1 Å². The van der Waals surface area contributed by atoms with Crippen LogP contribution in [0.1, 0.15) is 24.8 Å². The van der Waals surface area contributed by atoms with Crippen molar-refractivity contribution in [3.63, 3.8) is 0 Å². The largest absolute Gasteiger partial charge is 0.399 e. The van der Waals surface area contributed by atoms with Crippen LogP contribution in [0.4, 0.5) is 5.69 Å². The predicted octanol–water partition coefficient (Wildman–Crippen LogP) is 2.21. The van der Waals surface area contributed by atoms with Crippen LogP contribution in [0, 0.1) is 0 Å². The highest BCUT2D eigenvalue weighted by Crippen LogP contribution is 2.45. The van der Waals surface area contributed by atoms with Crippen LogP contribution in [0.25, 0.3) is 0 Å². The van der Waals surface area contributed by atoms with Gasteiger partial charge in [0, 0.05) is 11.2 Å². The van der Waals surface area contributed by atoms with Gasteiger partial charge in [-0.05, 0) is 51.1 Å². The number of benzene rings is 1. The molecular formula is C12H18N2. The molecule has 0 aromatic heterocycles. The van der Waals surface area contributed by atoms with Crippen LogP contribution >= 0.6 is 0 Å². The molecule has 76 valence electrons. The molecule has 1 aromatic rings. The Kier molecular flexibility index (Phi) is 2.23. The first-order chi connectivity index (χ1) is 6.65. The Morgan fingerprint density at radius 3 is 2.07 bits per heavy atom. The van der Waals surface area contributed by atoms with Crippen molar-refractivity contribution < 1.29 is 0 Å². The van der Waals surface area contributed by atoms with E-state index < -0.39 is 0 Å². The van der Waals surface area contributed by atoms with Crippen molar-refractivity contribution in [1.29, 1.82) is 0 Å². The fraction of sp³-hybridized carbons (Fsp3) is 0.500. The van der Waals surface area contributed by atoms with Gasteiger partial charge in [-0.3, -0.25) is 4.90 Å². The average Bonchev–Trinajstić information content (AvgIpc) is 2.05. The van der Waals surface area contributed by atoms with Crippen LogP contribution < -0.4 is 5.73 Å². The SMILES string of the molecule is CN(C)C1(c2ccc(N)cc2)CCC1. The van der Waals surface area contributed by atoms with Crippen LogP contribution in [-0.4, -0.2) is 19.0 Å². The van der Waals surface area contributed by atoms with Gasteiger partial charge in [0.05, 0.1) is 0 Å². The van der Waals surface area contributed by atoms with E-state index in [2.05, 4.69) is 31.1 Å². The van der Waals surface area contributed by atoms with E-state index in [1.165, 1.54) is 24.8 Å². The summed E-state index contributed by atoms with van der Waals surface area (Å²) in [6.45, 7) is 0. The predicted molar refractivity (Wildman–Crippen MR) is 60.1 cm³/mol. The van der Waals surface area contributed by atoms with Gasteiger partial charge in [0.2, 0.25) is 0 Å². The molecule has 0 radical (unpaired) electrons. The maximum Gasteiger partial charge on any atom is 0.0454 e. The Hall–Kier alpha value is -1.02. The van der Waals surface area contributed by atoms with Gasteiger partial charge in [0.25, 0.3) is 0 Å². The van der Waals surface area contributed by atoms with Gasteiger partial charge in [-0.1, -0.05) is 12.1 Å². The number of hydrogen-bond acceptors (Lipinski definition) is 2. The van der Waals surface area contributed by atoms with Gasteiger partial charge < -0.3 is 5.73 Å². The molecule has 1 aliphatic carbocycles. The quantitative estimate of drug-likeness (QED) is 0.724. The summed E-state index contributed by atoms with van der Waals surface area (Å²) in [4.78, 5) is 2.34. The van der Waals surface area contributed by atoms with Crippen LogP contribution in [-0.2, 0) is 5.54 Å². The molecule has 0 atom stereocenters. The Balaban J connectivity index is 2.32. The first-order valence-electron chi connectivity index (χ1n) is 5.19. The molecule has 0 amide bonds. The van der Waals surface area contributed by atoms with Crippen molar-refractivity contribution in [2.24, 2.45) is 0 Å². The smallest absolute Gasteiger partial charge is 0.0454 e. The zero-order valence-electron chi connectivity index (χ0n) is 8.96. The van der Waals surface area contributed by atoms with E-state index in [9.17, 15) is 0 Å². The topological polar surface area (TPSA) is 29.3 Å². The van der Waals surface area contributed by atoms with Crippen LogP contribution in [0.5, 0.6) is 0 Å². The summed E-state index contributed by atoms with van der Waals surface area (Å²) >= 11 is 0. The zero-order valence-corrected chi connectivity index (χ0v) is 8.96. The molecule has 0 heterocycles. The molecule has 14 heavy (non-hydrogen) atoms. The minimum Gasteiger partial charge on any atom is -0.399 e. The second-order valence-electron chi connectivity index (χ2n) is 4.40. The van der Waals surface area contributed by atoms with Crippen molar-refractivity contribution in [1.82, 2.24) is 4.90 Å². The Morgan fingerprint density at radius 1 is 1.14 bits per heavy atom. The summed E-state index contributed by atoms with van der Waals surface area (Å²) in [7, 11) is 4.32. The van der Waals surface area contributed by atoms with E-state index in [-0.39, 0.29) is 5.54 Å². The summed E-state index contributed by atoms with van der Waals surface area (Å²) in [5, 5.41) is 0. The lowest BCUT2D eigenvalue weighted by molar-refractivity contribution is 0.0577. The second kappa shape index (κ2) is 3.28. The lowest BCUT2D eigenvalue weighted by atomic mass is 9.71. The molecule has 0 spiro atoms. The molecule has 2 heteroatoms. The summed E-state index contributed by atoms with van der Waals surface area (Å²) in [6.07, 6.45) is 3.87. The van der Waals surface area contributed by atoms with Crippen LogP contribution in [0.3, 0.4) is 0 Å². The van der Waals surface area contributed by atoms with E-state index in [0.29, 0.717) is 0 Å². The standard InChI is InChI=1S/C12H18N2/c1-14(2)12(8-3-9-12)10-4-6-11(13)7-5-10/h4-7H,3,8-9,13H2,1-2H3. The van der Waals surface area contributed by atoms with E-state index in [4.69, 9.17) is 5.73 Å². The number of hydrogen-bond donors (Lipinski definition) is 1. The van der Waals surface area contributed by atoms with Gasteiger partial charge in [-0.15, -0.1) is 0 Å². The first kappa shape index (κ1) is 9.53. The molecule has 1 aromatic carbocycles. The highest BCUT2D eigenvalue weighted by atomic mass is 15.2. The van der Waals surface area contributed by atoms with Gasteiger partial charge in [0.1, 0.15) is 0 Å². The van der Waals surface area contributed by atoms with Crippen molar-refractivity contribution in [2.45, 2.75) is 24.8 Å². The molecule has 1 aliphatic rings. The van der Waals surface area contributed by atoms with E-state index >= 15 is 0 Å². The Bertz CT molecular complexity index is 310. The third kappa shape index (κ3) is 1.30. The first-order valence-corrected chi connectivity index (χ1v) is 5.19. The Labute approximate surface area is 85.7 Å². The maximum absolute atomic E-state index is 5.69. The lowest BCUT2D eigenvalue weighted by Crippen LogP contribution is -2.47. The van der Waals surface area contributed by atoms with Crippen molar-refractivity contribution in [3.05, 3.63) is 29.8 Å². The van der Waals surface area contributed by atoms with Gasteiger partial charge in [0.15, 0.2) is 0 Å². The minimum absolute atomic E-state index is 0.285. The normalized spacial score (nSPS) is 19.4. The van der Waals surface area contributed by atoms with E-state index in [1.54, 1.807) is 0 Å². The summed E-state index contributed by atoms with van der Waals surface area (Å²) < 4.78 is 0. The van der Waals surface area contributed by atoms with Crippen LogP contribution in [0.2, 0.25) is 0 Å². The lowest BCUT2D eigenvalue weighted by Gasteiger charge is -2.47. The third-order valence-corrected chi connectivity index (χ3v) is 3.48. The summed E-state index contributed by atoms with van der Waals surface area (Å²) in [6, 6.07) is 8.32. The summed E-state index contributed by atoms with van der Waals surface area (Å²) in [5.74, 6) is 0. The molecule has 0 saturated heterocycles. The molecule has 2 nitrogen and oxygen atoms in total. The van der Waals surface area contributed by atoms with Crippen molar-refractivity contribution >= 4 is 5.69 Å². The zero-order chi connectivity index (χ0) is 10.2. The number of nitrogen functional groups attached to an aromatic ring is 1. The Morgan fingerprint density at radius 2 is 1.71 bits per heavy atom. The molecule has 0 aliphatic heterocycles. The highest BCUT2D eigenvalue weighted by Gasteiger charge is 2.40. The second-order valence-corrected chi connectivity index (χ2v) is 4.40. The van der Waals surface area contributed by atoms with E-state index in [0.717, 1.165) is 5.69 Å². The summed E-state index contributed by atoms with van der Waals surface area (Å²) in [5.41, 5.74) is 8.23. The minimum atomic E-state index is 0.285. The van der Waals surface area contributed by atoms with Crippen molar-refractivity contribution in [3.8, 4) is 0 Å². The number of nitrogens with two attached hydrogens (primary N) is 1. The fourth-order valence-corrected chi connectivity index (χ4v) is 2.30. The van der Waals surface area contributed by atoms with Crippen molar-refractivity contribution in [2.75, 3.05) is 19.8 Å². The molecule has 1 fully saturated rings. The monoisotopic (exact) mass is 190 g/mol. The number of rotatable bonds is 2. The average molecular weight is 190 g/mol. The number of nitrogens with zero attached hydrogens (tertiary/aromatic N) is 1. The fourth-order valence-electron chi connectivity index (χ4n) is 2.30. The highest BCUT2D eigenvalue weighted by molar-refractivity contribution is 5.42. The molecule has 2 rings (SSSR count). The van der Waals surface area contributed by atoms with Gasteiger partial charge in [-0.2, -0.15) is 0 Å². The van der Waals surface area contributed by atoms with Gasteiger partial charge >= 0.3 is 0 Å².